The molecular formula is C20H31FN4O2. The van der Waals surface area contributed by atoms with E-state index in [1.807, 2.05) is 13.8 Å². The predicted octanol–water partition coefficient (Wildman–Crippen LogP) is 2.24. The van der Waals surface area contributed by atoms with Gasteiger partial charge in [0.25, 0.3) is 0 Å². The van der Waals surface area contributed by atoms with E-state index in [-0.39, 0.29) is 35.6 Å². The molecule has 0 spiro atoms. The van der Waals surface area contributed by atoms with Crippen molar-refractivity contribution < 1.29 is 14.0 Å². The molecule has 2 unspecified atom stereocenters. The van der Waals surface area contributed by atoms with Crippen LogP contribution >= 0.6 is 0 Å². The molecule has 7 heteroatoms. The highest BCUT2D eigenvalue weighted by Gasteiger charge is 2.38. The van der Waals surface area contributed by atoms with Crippen LogP contribution in [0.25, 0.3) is 0 Å². The summed E-state index contributed by atoms with van der Waals surface area (Å²) >= 11 is 0. The first-order valence-corrected chi connectivity index (χ1v) is 9.43. The molecule has 4 N–H and O–H groups in total. The maximum Gasteiger partial charge on any atom is 0.315 e. The van der Waals surface area contributed by atoms with Crippen LogP contribution in [0.5, 0.6) is 0 Å². The van der Waals surface area contributed by atoms with Gasteiger partial charge >= 0.3 is 6.03 Å². The van der Waals surface area contributed by atoms with Crippen LogP contribution in [0, 0.1) is 17.2 Å². The fraction of sp³-hybridized carbons (Fsp3) is 0.600. The molecule has 27 heavy (non-hydrogen) atoms. The molecule has 1 aromatic carbocycles. The Hall–Kier alpha value is -2.15. The Balaban J connectivity index is 1.94. The van der Waals surface area contributed by atoms with E-state index >= 15 is 0 Å². The van der Waals surface area contributed by atoms with Gasteiger partial charge in [-0.25, -0.2) is 9.18 Å². The van der Waals surface area contributed by atoms with Crippen LogP contribution in [-0.2, 0) is 11.3 Å². The fourth-order valence-electron chi connectivity index (χ4n) is 3.25. The zero-order chi connectivity index (χ0) is 20.2. The lowest BCUT2D eigenvalue weighted by molar-refractivity contribution is -0.137. The van der Waals surface area contributed by atoms with Crippen molar-refractivity contribution in [1.82, 2.24) is 15.5 Å². The summed E-state index contributed by atoms with van der Waals surface area (Å²) in [7, 11) is 0. The number of rotatable bonds is 5. The molecular weight excluding hydrogens is 347 g/mol. The summed E-state index contributed by atoms with van der Waals surface area (Å²) in [5.74, 6) is -0.451. The Morgan fingerprint density at radius 3 is 2.48 bits per heavy atom. The molecule has 1 saturated heterocycles. The van der Waals surface area contributed by atoms with E-state index in [0.717, 1.165) is 12.0 Å². The molecule has 1 aliphatic rings. The van der Waals surface area contributed by atoms with E-state index in [4.69, 9.17) is 5.73 Å². The second kappa shape index (κ2) is 8.69. The van der Waals surface area contributed by atoms with E-state index in [1.165, 1.54) is 12.1 Å². The predicted molar refractivity (Wildman–Crippen MR) is 103 cm³/mol. The molecule has 6 nitrogen and oxygen atoms in total. The molecule has 1 aromatic rings. The number of nitrogens with one attached hydrogen (secondary N) is 2. The topological polar surface area (TPSA) is 87.5 Å². The van der Waals surface area contributed by atoms with Crippen molar-refractivity contribution in [3.8, 4) is 0 Å². The quantitative estimate of drug-likeness (QED) is 0.734. The van der Waals surface area contributed by atoms with Crippen molar-refractivity contribution >= 4 is 11.9 Å². The first-order valence-electron chi connectivity index (χ1n) is 9.43. The molecule has 1 aliphatic heterocycles. The van der Waals surface area contributed by atoms with Crippen molar-refractivity contribution in [1.29, 1.82) is 0 Å². The molecule has 0 radical (unpaired) electrons. The van der Waals surface area contributed by atoms with E-state index < -0.39 is 12.1 Å². The van der Waals surface area contributed by atoms with Gasteiger partial charge in [-0.05, 0) is 35.4 Å². The fourth-order valence-corrected chi connectivity index (χ4v) is 3.25. The zero-order valence-corrected chi connectivity index (χ0v) is 16.6. The number of piperidine rings is 1. The summed E-state index contributed by atoms with van der Waals surface area (Å²) in [6.07, 6.45) is 0.750. The maximum atomic E-state index is 13.0. The van der Waals surface area contributed by atoms with Gasteiger partial charge in [-0.1, -0.05) is 39.8 Å². The molecule has 1 fully saturated rings. The van der Waals surface area contributed by atoms with Gasteiger partial charge in [0.15, 0.2) is 0 Å². The monoisotopic (exact) mass is 378 g/mol. The lowest BCUT2D eigenvalue weighted by Gasteiger charge is -2.44. The Bertz CT molecular complexity index is 660. The van der Waals surface area contributed by atoms with Gasteiger partial charge in [-0.2, -0.15) is 0 Å². The van der Waals surface area contributed by atoms with Gasteiger partial charge in [-0.3, -0.25) is 4.79 Å². The van der Waals surface area contributed by atoms with Crippen LogP contribution < -0.4 is 16.4 Å². The standard InChI is InChI=1S/C20H31FN4O2/c1-13(2)17(18(26)25-10-9-16(22)20(3,4)12-25)24-19(27)23-11-14-5-7-15(21)8-6-14/h5-8,13,16-17H,9-12,22H2,1-4H3,(H2,23,24,27). The molecule has 0 aliphatic carbocycles. The summed E-state index contributed by atoms with van der Waals surface area (Å²) < 4.78 is 12.9. The summed E-state index contributed by atoms with van der Waals surface area (Å²) in [6, 6.07) is 4.95. The van der Waals surface area contributed by atoms with Crippen molar-refractivity contribution in [3.05, 3.63) is 35.6 Å². The number of halogens is 1. The lowest BCUT2D eigenvalue weighted by atomic mass is 9.79. The second-order valence-corrected chi connectivity index (χ2v) is 8.32. The maximum absolute atomic E-state index is 13.0. The number of benzene rings is 1. The van der Waals surface area contributed by atoms with Gasteiger partial charge in [0.2, 0.25) is 5.91 Å². The highest BCUT2D eigenvalue weighted by atomic mass is 19.1. The van der Waals surface area contributed by atoms with Gasteiger partial charge < -0.3 is 21.3 Å². The highest BCUT2D eigenvalue weighted by Crippen LogP contribution is 2.28. The Kier molecular flexibility index (Phi) is 6.81. The second-order valence-electron chi connectivity index (χ2n) is 8.32. The van der Waals surface area contributed by atoms with Crippen molar-refractivity contribution in [3.63, 3.8) is 0 Å². The molecule has 1 heterocycles. The van der Waals surface area contributed by atoms with Crippen molar-refractivity contribution in [2.75, 3.05) is 13.1 Å². The van der Waals surface area contributed by atoms with Gasteiger partial charge in [0.1, 0.15) is 11.9 Å². The van der Waals surface area contributed by atoms with E-state index in [9.17, 15) is 14.0 Å². The van der Waals surface area contributed by atoms with Crippen LogP contribution in [0.2, 0.25) is 0 Å². The Morgan fingerprint density at radius 2 is 1.93 bits per heavy atom. The third kappa shape index (κ3) is 5.66. The summed E-state index contributed by atoms with van der Waals surface area (Å²) in [5.41, 5.74) is 6.79. The molecule has 0 aromatic heterocycles. The minimum atomic E-state index is -0.608. The van der Waals surface area contributed by atoms with Crippen LogP contribution in [-0.4, -0.2) is 42.0 Å². The summed E-state index contributed by atoms with van der Waals surface area (Å²) in [4.78, 5) is 27.1. The molecule has 0 saturated carbocycles. The minimum absolute atomic E-state index is 0.0483. The number of hydrogen-bond acceptors (Lipinski definition) is 3. The summed E-state index contributed by atoms with van der Waals surface area (Å²) in [5, 5.41) is 5.51. The molecule has 0 bridgehead atoms. The average molecular weight is 378 g/mol. The lowest BCUT2D eigenvalue weighted by Crippen LogP contribution is -2.59. The SMILES string of the molecule is CC(C)C(NC(=O)NCc1ccc(F)cc1)C(=O)N1CCC(N)C(C)(C)C1. The number of nitrogens with two attached hydrogens (primary N) is 1. The number of carbonyl (C=O) groups excluding carboxylic acids is 2. The van der Waals surface area contributed by atoms with Crippen LogP contribution in [0.15, 0.2) is 24.3 Å². The van der Waals surface area contributed by atoms with Crippen LogP contribution in [0.4, 0.5) is 9.18 Å². The number of amides is 3. The van der Waals surface area contributed by atoms with Crippen molar-refractivity contribution in [2.45, 2.75) is 52.7 Å². The Labute approximate surface area is 160 Å². The molecule has 2 atom stereocenters. The van der Waals surface area contributed by atoms with E-state index in [2.05, 4.69) is 24.5 Å². The number of nitrogens with zero attached hydrogens (tertiary/aromatic N) is 1. The molecule has 3 amide bonds. The third-order valence-corrected chi connectivity index (χ3v) is 5.21. The largest absolute Gasteiger partial charge is 0.340 e. The van der Waals surface area contributed by atoms with E-state index in [0.29, 0.717) is 13.1 Å². The first kappa shape index (κ1) is 21.2. The van der Waals surface area contributed by atoms with Crippen LogP contribution in [0.1, 0.15) is 39.7 Å². The first-order chi connectivity index (χ1) is 12.6. The number of likely N-dealkylation sites (tertiary alicyclic amines) is 1. The van der Waals surface area contributed by atoms with Crippen molar-refractivity contribution in [2.24, 2.45) is 17.1 Å². The third-order valence-electron chi connectivity index (χ3n) is 5.21. The minimum Gasteiger partial charge on any atom is -0.340 e. The smallest absolute Gasteiger partial charge is 0.315 e. The molecule has 150 valence electrons. The highest BCUT2D eigenvalue weighted by molar-refractivity contribution is 5.87. The van der Waals surface area contributed by atoms with Crippen LogP contribution in [0.3, 0.4) is 0 Å². The summed E-state index contributed by atoms with van der Waals surface area (Å²) in [6.45, 7) is 9.37. The average Bonchev–Trinajstić information content (AvgIpc) is 2.60. The number of urea groups is 1. The number of hydrogen-bond donors (Lipinski definition) is 3. The van der Waals surface area contributed by atoms with Gasteiger partial charge in [-0.15, -0.1) is 0 Å². The number of carbonyl (C=O) groups is 2. The van der Waals surface area contributed by atoms with Gasteiger partial charge in [0.05, 0.1) is 0 Å². The zero-order valence-electron chi connectivity index (χ0n) is 16.6. The molecule has 2 rings (SSSR count). The van der Waals surface area contributed by atoms with Gasteiger partial charge in [0, 0.05) is 25.7 Å². The Morgan fingerprint density at radius 1 is 1.30 bits per heavy atom. The normalized spacial score (nSPS) is 20.3. The van der Waals surface area contributed by atoms with E-state index in [1.54, 1.807) is 17.0 Å².